The van der Waals surface area contributed by atoms with Gasteiger partial charge in [0.15, 0.2) is 11.5 Å². The number of nitrogens with one attached hydrogen (secondary N) is 1. The molecular weight excluding hydrogens is 396 g/mol. The Balaban J connectivity index is 1.87. The molecule has 8 heteroatoms. The molecule has 0 amide bonds. The van der Waals surface area contributed by atoms with Gasteiger partial charge in [0.1, 0.15) is 17.4 Å². The van der Waals surface area contributed by atoms with Crippen LogP contribution in [0.3, 0.4) is 0 Å². The maximum absolute atomic E-state index is 9.87. The van der Waals surface area contributed by atoms with E-state index in [1.54, 1.807) is 20.3 Å². The van der Waals surface area contributed by atoms with Crippen LogP contribution in [0.25, 0.3) is 11.3 Å². The third-order valence-corrected chi connectivity index (χ3v) is 5.13. The quantitative estimate of drug-likeness (QED) is 0.627. The lowest BCUT2D eigenvalue weighted by atomic mass is 9.83. The summed E-state index contributed by atoms with van der Waals surface area (Å²) in [5.41, 5.74) is 9.51. The first kappa shape index (κ1) is 20.2. The van der Waals surface area contributed by atoms with E-state index in [2.05, 4.69) is 16.3 Å². The van der Waals surface area contributed by atoms with Crippen molar-refractivity contribution in [2.24, 2.45) is 5.73 Å². The van der Waals surface area contributed by atoms with E-state index >= 15 is 0 Å². The number of rotatable bonds is 6. The third kappa shape index (κ3) is 3.51. The van der Waals surface area contributed by atoms with Gasteiger partial charge in [-0.2, -0.15) is 5.26 Å². The number of hydrogen-bond acceptors (Lipinski definition) is 7. The fraction of sp³-hybridized carbons (Fsp3) is 0.217. The lowest BCUT2D eigenvalue weighted by molar-refractivity contribution is 0.340. The van der Waals surface area contributed by atoms with E-state index < -0.39 is 5.92 Å². The molecule has 0 radical (unpaired) electrons. The molecule has 0 saturated carbocycles. The van der Waals surface area contributed by atoms with Gasteiger partial charge in [-0.15, -0.1) is 5.10 Å². The second kappa shape index (κ2) is 8.32. The predicted molar refractivity (Wildman–Crippen MR) is 114 cm³/mol. The summed E-state index contributed by atoms with van der Waals surface area (Å²) in [6.45, 7) is 2.52. The van der Waals surface area contributed by atoms with Gasteiger partial charge in [-0.05, 0) is 48.9 Å². The highest BCUT2D eigenvalue weighted by molar-refractivity contribution is 5.71. The van der Waals surface area contributed by atoms with Crippen molar-refractivity contribution in [2.75, 3.05) is 20.8 Å². The first-order chi connectivity index (χ1) is 15.1. The summed E-state index contributed by atoms with van der Waals surface area (Å²) in [4.78, 5) is 0. The SMILES string of the molecule is CCOc1ccc(-c2[nH]nc3c2[C@H](c2ccc(OC)c(OC)c2)C(C#N)=C(N)O3)cc1. The van der Waals surface area contributed by atoms with Crippen LogP contribution in [-0.4, -0.2) is 31.0 Å². The molecule has 2 aromatic carbocycles. The second-order valence-electron chi connectivity index (χ2n) is 6.81. The minimum absolute atomic E-state index is 0.0273. The molecule has 0 bridgehead atoms. The summed E-state index contributed by atoms with van der Waals surface area (Å²) < 4.78 is 22.0. The van der Waals surface area contributed by atoms with Gasteiger partial charge in [-0.3, -0.25) is 5.10 Å². The third-order valence-electron chi connectivity index (χ3n) is 5.13. The number of nitriles is 1. The number of allylic oxidation sites excluding steroid dienone is 1. The number of nitrogens with two attached hydrogens (primary N) is 1. The smallest absolute Gasteiger partial charge is 0.244 e. The predicted octanol–water partition coefficient (Wildman–Crippen LogP) is 3.71. The molecule has 0 fully saturated rings. The average Bonchev–Trinajstić information content (AvgIpc) is 3.21. The summed E-state index contributed by atoms with van der Waals surface area (Å²) in [5, 5.41) is 17.2. The molecule has 0 aliphatic carbocycles. The van der Waals surface area contributed by atoms with E-state index in [0.717, 1.165) is 28.1 Å². The summed E-state index contributed by atoms with van der Waals surface area (Å²) in [6.07, 6.45) is 0. The number of aromatic amines is 1. The Morgan fingerprint density at radius 2 is 1.87 bits per heavy atom. The maximum atomic E-state index is 9.87. The fourth-order valence-corrected chi connectivity index (χ4v) is 3.72. The summed E-state index contributed by atoms with van der Waals surface area (Å²) in [7, 11) is 3.14. The van der Waals surface area contributed by atoms with Gasteiger partial charge in [-0.1, -0.05) is 6.07 Å². The molecule has 0 saturated heterocycles. The summed E-state index contributed by atoms with van der Waals surface area (Å²) >= 11 is 0. The Kier molecular flexibility index (Phi) is 5.41. The first-order valence-corrected chi connectivity index (χ1v) is 9.72. The van der Waals surface area contributed by atoms with Crippen LogP contribution in [0.5, 0.6) is 23.1 Å². The normalized spacial score (nSPS) is 15.0. The van der Waals surface area contributed by atoms with Crippen LogP contribution in [0.4, 0.5) is 0 Å². The van der Waals surface area contributed by atoms with Crippen molar-refractivity contribution in [3.63, 3.8) is 0 Å². The summed E-state index contributed by atoms with van der Waals surface area (Å²) in [5.74, 6) is 1.78. The van der Waals surface area contributed by atoms with Crippen molar-refractivity contribution in [2.45, 2.75) is 12.8 Å². The molecule has 3 N–H and O–H groups in total. The van der Waals surface area contributed by atoms with Crippen LogP contribution in [0, 0.1) is 11.3 Å². The summed E-state index contributed by atoms with van der Waals surface area (Å²) in [6, 6.07) is 15.3. The van der Waals surface area contributed by atoms with Gasteiger partial charge < -0.3 is 24.7 Å². The van der Waals surface area contributed by atoms with Crippen molar-refractivity contribution in [1.82, 2.24) is 10.2 Å². The van der Waals surface area contributed by atoms with E-state index in [4.69, 9.17) is 24.7 Å². The number of hydrogen-bond donors (Lipinski definition) is 2. The maximum Gasteiger partial charge on any atom is 0.244 e. The molecule has 8 nitrogen and oxygen atoms in total. The molecular formula is C23H22N4O4. The first-order valence-electron chi connectivity index (χ1n) is 9.72. The number of nitrogens with zero attached hydrogens (tertiary/aromatic N) is 2. The standard InChI is InChI=1S/C23H22N4O4/c1-4-30-15-8-5-13(6-9-15)21-20-19(14-7-10-17(28-2)18(11-14)29-3)16(12-24)22(25)31-23(20)27-26-21/h5-11,19H,4,25H2,1-3H3,(H,26,27)/t19-/m1/s1. The van der Waals surface area contributed by atoms with Crippen molar-refractivity contribution in [3.8, 4) is 40.5 Å². The highest BCUT2D eigenvalue weighted by Gasteiger charge is 2.36. The molecule has 1 aliphatic rings. The van der Waals surface area contributed by atoms with Crippen LogP contribution in [0.1, 0.15) is 24.0 Å². The Hall–Kier alpha value is -4.12. The van der Waals surface area contributed by atoms with Gasteiger partial charge in [0.05, 0.1) is 38.0 Å². The van der Waals surface area contributed by atoms with Gasteiger partial charge in [0, 0.05) is 5.56 Å². The van der Waals surface area contributed by atoms with E-state index in [9.17, 15) is 5.26 Å². The molecule has 1 aliphatic heterocycles. The van der Waals surface area contributed by atoms with E-state index in [-0.39, 0.29) is 5.88 Å². The van der Waals surface area contributed by atoms with E-state index in [1.807, 2.05) is 43.3 Å². The molecule has 158 valence electrons. The monoisotopic (exact) mass is 418 g/mol. The Labute approximate surface area is 179 Å². The van der Waals surface area contributed by atoms with E-state index in [0.29, 0.717) is 29.6 Å². The fourth-order valence-electron chi connectivity index (χ4n) is 3.72. The molecule has 1 aromatic heterocycles. The second-order valence-corrected chi connectivity index (χ2v) is 6.81. The molecule has 3 aromatic rings. The van der Waals surface area contributed by atoms with Crippen LogP contribution >= 0.6 is 0 Å². The Bertz CT molecular complexity index is 1180. The highest BCUT2D eigenvalue weighted by Crippen LogP contribution is 2.47. The minimum atomic E-state index is -0.492. The highest BCUT2D eigenvalue weighted by atomic mass is 16.5. The number of fused-ring (bicyclic) bond motifs is 1. The van der Waals surface area contributed by atoms with Gasteiger partial charge in [-0.25, -0.2) is 0 Å². The number of benzene rings is 2. The largest absolute Gasteiger partial charge is 0.494 e. The Morgan fingerprint density at radius 1 is 1.13 bits per heavy atom. The molecule has 31 heavy (non-hydrogen) atoms. The lowest BCUT2D eigenvalue weighted by Gasteiger charge is -2.24. The van der Waals surface area contributed by atoms with Crippen molar-refractivity contribution >= 4 is 0 Å². The van der Waals surface area contributed by atoms with Crippen LogP contribution < -0.4 is 24.7 Å². The van der Waals surface area contributed by atoms with Crippen LogP contribution in [0.15, 0.2) is 53.9 Å². The van der Waals surface area contributed by atoms with Crippen molar-refractivity contribution < 1.29 is 18.9 Å². The minimum Gasteiger partial charge on any atom is -0.494 e. The van der Waals surface area contributed by atoms with Crippen LogP contribution in [0.2, 0.25) is 0 Å². The topological polar surface area (TPSA) is 115 Å². The van der Waals surface area contributed by atoms with Crippen molar-refractivity contribution in [1.29, 1.82) is 5.26 Å². The van der Waals surface area contributed by atoms with E-state index in [1.165, 1.54) is 0 Å². The molecule has 4 rings (SSSR count). The zero-order valence-electron chi connectivity index (χ0n) is 17.4. The number of H-pyrrole nitrogens is 1. The van der Waals surface area contributed by atoms with Gasteiger partial charge in [0.25, 0.3) is 0 Å². The average molecular weight is 418 g/mol. The van der Waals surface area contributed by atoms with Gasteiger partial charge >= 0.3 is 0 Å². The molecule has 2 heterocycles. The zero-order valence-corrected chi connectivity index (χ0v) is 17.4. The molecule has 1 atom stereocenters. The molecule has 0 spiro atoms. The van der Waals surface area contributed by atoms with Crippen molar-refractivity contribution in [3.05, 3.63) is 65.0 Å². The van der Waals surface area contributed by atoms with Crippen LogP contribution in [-0.2, 0) is 0 Å². The number of aromatic nitrogens is 2. The van der Waals surface area contributed by atoms with Gasteiger partial charge in [0.2, 0.25) is 11.8 Å². The molecule has 0 unspecified atom stereocenters. The lowest BCUT2D eigenvalue weighted by Crippen LogP contribution is -2.21. The number of ether oxygens (including phenoxy) is 4. The zero-order chi connectivity index (χ0) is 22.0. The number of methoxy groups -OCH3 is 2. The Morgan fingerprint density at radius 3 is 2.52 bits per heavy atom.